The van der Waals surface area contributed by atoms with Gasteiger partial charge in [0.15, 0.2) is 0 Å². The predicted octanol–water partition coefficient (Wildman–Crippen LogP) is 2.68. The first-order chi connectivity index (χ1) is 9.90. The number of rotatable bonds is 4. The van der Waals surface area contributed by atoms with E-state index in [4.69, 9.17) is 0 Å². The summed E-state index contributed by atoms with van der Waals surface area (Å²) in [5, 5.41) is 20.4. The summed E-state index contributed by atoms with van der Waals surface area (Å²) in [5.74, 6) is -0.735. The maximum absolute atomic E-state index is 12.3. The van der Waals surface area contributed by atoms with E-state index in [1.807, 2.05) is 6.92 Å². The highest BCUT2D eigenvalue weighted by molar-refractivity contribution is 5.96. The van der Waals surface area contributed by atoms with Crippen molar-refractivity contribution in [2.45, 2.75) is 26.7 Å². The van der Waals surface area contributed by atoms with Crippen LogP contribution in [0.5, 0.6) is 0 Å². The van der Waals surface area contributed by atoms with Gasteiger partial charge in [-0.15, -0.1) is 0 Å². The molecule has 0 aliphatic carbocycles. The summed E-state index contributed by atoms with van der Waals surface area (Å²) >= 11 is 0. The second-order valence-corrected chi connectivity index (χ2v) is 4.87. The monoisotopic (exact) mass is 288 g/mol. The molecule has 110 valence electrons. The summed E-state index contributed by atoms with van der Waals surface area (Å²) in [7, 11) is 0. The number of hydrogen-bond acceptors (Lipinski definition) is 4. The number of hydrogen-bond donors (Lipinski definition) is 2. The van der Waals surface area contributed by atoms with E-state index in [9.17, 15) is 14.9 Å². The van der Waals surface area contributed by atoms with Gasteiger partial charge in [0.2, 0.25) is 5.91 Å². The van der Waals surface area contributed by atoms with E-state index in [-0.39, 0.29) is 11.6 Å². The van der Waals surface area contributed by atoms with Crippen LogP contribution in [0.15, 0.2) is 24.3 Å². The zero-order valence-corrected chi connectivity index (χ0v) is 12.0. The first-order valence-electron chi connectivity index (χ1n) is 6.47. The molecule has 2 N–H and O–H groups in total. The Kier molecular flexibility index (Phi) is 4.02. The van der Waals surface area contributed by atoms with Crippen LogP contribution in [-0.2, 0) is 4.79 Å². The first-order valence-corrected chi connectivity index (χ1v) is 6.47. The van der Waals surface area contributed by atoms with Crippen LogP contribution in [-0.4, -0.2) is 21.0 Å². The molecule has 0 fully saturated rings. The van der Waals surface area contributed by atoms with Gasteiger partial charge in [0.05, 0.1) is 27.9 Å². The summed E-state index contributed by atoms with van der Waals surface area (Å²) in [6.07, 6.45) is 0. The molecule has 1 heterocycles. The fourth-order valence-corrected chi connectivity index (χ4v) is 2.03. The van der Waals surface area contributed by atoms with Crippen molar-refractivity contribution in [3.8, 4) is 0 Å². The Balaban J connectivity index is 2.20. The summed E-state index contributed by atoms with van der Waals surface area (Å²) in [5.41, 5.74) is 2.69. The Morgan fingerprint density at radius 1 is 1.43 bits per heavy atom. The topological polar surface area (TPSA) is 101 Å². The Bertz CT molecular complexity index is 674. The predicted molar refractivity (Wildman–Crippen MR) is 78.2 cm³/mol. The lowest BCUT2D eigenvalue weighted by molar-refractivity contribution is -0.384. The summed E-state index contributed by atoms with van der Waals surface area (Å²) in [6.45, 7) is 5.31. The largest absolute Gasteiger partial charge is 0.322 e. The van der Waals surface area contributed by atoms with E-state index in [0.717, 1.165) is 5.69 Å². The number of carbonyl (C=O) groups is 1. The highest BCUT2D eigenvalue weighted by Gasteiger charge is 2.19. The first kappa shape index (κ1) is 14.7. The fourth-order valence-electron chi connectivity index (χ4n) is 2.03. The lowest BCUT2D eigenvalue weighted by Gasteiger charge is -2.12. The average Bonchev–Trinajstić information content (AvgIpc) is 2.78. The molecule has 1 amide bonds. The maximum atomic E-state index is 12.3. The minimum absolute atomic E-state index is 0.0252. The van der Waals surface area contributed by atoms with Gasteiger partial charge in [0.25, 0.3) is 5.69 Å². The molecule has 2 aromatic rings. The standard InChI is InChI=1S/C14H16N4O3/c1-8(11-5-4-6-12(7-11)18(20)21)14(19)15-13-9(2)16-17-10(13)3/h4-8H,1-3H3,(H,15,19)(H,16,17). The minimum atomic E-state index is -0.501. The minimum Gasteiger partial charge on any atom is -0.322 e. The highest BCUT2D eigenvalue weighted by atomic mass is 16.6. The van der Waals surface area contributed by atoms with E-state index in [0.29, 0.717) is 16.9 Å². The number of nitrogens with zero attached hydrogens (tertiary/aromatic N) is 2. The summed E-state index contributed by atoms with van der Waals surface area (Å²) < 4.78 is 0. The zero-order chi connectivity index (χ0) is 15.6. The molecule has 0 aliphatic heterocycles. The maximum Gasteiger partial charge on any atom is 0.269 e. The smallest absolute Gasteiger partial charge is 0.269 e. The third kappa shape index (κ3) is 3.07. The number of aryl methyl sites for hydroxylation is 2. The molecular formula is C14H16N4O3. The lowest BCUT2D eigenvalue weighted by Crippen LogP contribution is -2.19. The van der Waals surface area contributed by atoms with Crippen molar-refractivity contribution in [1.82, 2.24) is 10.2 Å². The van der Waals surface area contributed by atoms with Crippen LogP contribution in [0, 0.1) is 24.0 Å². The van der Waals surface area contributed by atoms with Crippen LogP contribution in [0.2, 0.25) is 0 Å². The Morgan fingerprint density at radius 3 is 2.71 bits per heavy atom. The van der Waals surface area contributed by atoms with Gasteiger partial charge in [-0.2, -0.15) is 5.10 Å². The average molecular weight is 288 g/mol. The normalized spacial score (nSPS) is 12.0. The van der Waals surface area contributed by atoms with Crippen LogP contribution in [0.25, 0.3) is 0 Å². The molecule has 0 radical (unpaired) electrons. The number of benzene rings is 1. The van der Waals surface area contributed by atoms with Crippen LogP contribution in [0.3, 0.4) is 0 Å². The third-order valence-corrected chi connectivity index (χ3v) is 3.35. The molecule has 0 saturated heterocycles. The molecule has 1 unspecified atom stereocenters. The number of anilines is 1. The Labute approximate surface area is 121 Å². The molecule has 0 spiro atoms. The SMILES string of the molecule is Cc1n[nH]c(C)c1NC(=O)C(C)c1cccc([N+](=O)[O-])c1. The summed E-state index contributed by atoms with van der Waals surface area (Å²) in [6, 6.07) is 6.09. The Morgan fingerprint density at radius 2 is 2.14 bits per heavy atom. The van der Waals surface area contributed by atoms with Gasteiger partial charge in [0.1, 0.15) is 0 Å². The van der Waals surface area contributed by atoms with Crippen molar-refractivity contribution in [1.29, 1.82) is 0 Å². The van der Waals surface area contributed by atoms with Crippen molar-refractivity contribution in [3.63, 3.8) is 0 Å². The van der Waals surface area contributed by atoms with Gasteiger partial charge in [-0.05, 0) is 26.3 Å². The van der Waals surface area contributed by atoms with E-state index < -0.39 is 10.8 Å². The number of nitrogens with one attached hydrogen (secondary N) is 2. The van der Waals surface area contributed by atoms with Crippen molar-refractivity contribution in [3.05, 3.63) is 51.3 Å². The molecule has 7 heteroatoms. The Hall–Kier alpha value is -2.70. The molecule has 1 aromatic carbocycles. The van der Waals surface area contributed by atoms with Gasteiger partial charge in [-0.25, -0.2) is 0 Å². The molecule has 2 rings (SSSR count). The number of aromatic nitrogens is 2. The molecule has 1 aromatic heterocycles. The van der Waals surface area contributed by atoms with Crippen LogP contribution in [0.1, 0.15) is 29.8 Å². The molecular weight excluding hydrogens is 272 g/mol. The molecule has 7 nitrogen and oxygen atoms in total. The van der Waals surface area contributed by atoms with E-state index >= 15 is 0 Å². The van der Waals surface area contributed by atoms with Gasteiger partial charge >= 0.3 is 0 Å². The van der Waals surface area contributed by atoms with Crippen LogP contribution in [0.4, 0.5) is 11.4 Å². The van der Waals surface area contributed by atoms with Crippen molar-refractivity contribution in [2.24, 2.45) is 0 Å². The van der Waals surface area contributed by atoms with E-state index in [1.165, 1.54) is 12.1 Å². The second-order valence-electron chi connectivity index (χ2n) is 4.87. The van der Waals surface area contributed by atoms with Crippen LogP contribution >= 0.6 is 0 Å². The quantitative estimate of drug-likeness (QED) is 0.667. The van der Waals surface area contributed by atoms with Crippen molar-refractivity contribution in [2.75, 3.05) is 5.32 Å². The fraction of sp³-hybridized carbons (Fsp3) is 0.286. The number of amides is 1. The highest BCUT2D eigenvalue weighted by Crippen LogP contribution is 2.23. The number of carbonyl (C=O) groups excluding carboxylic acids is 1. The summed E-state index contributed by atoms with van der Waals surface area (Å²) in [4.78, 5) is 22.6. The third-order valence-electron chi connectivity index (χ3n) is 3.35. The van der Waals surface area contributed by atoms with E-state index in [1.54, 1.807) is 26.0 Å². The zero-order valence-electron chi connectivity index (χ0n) is 12.0. The number of nitro benzene ring substituents is 1. The number of aromatic amines is 1. The molecule has 0 bridgehead atoms. The molecule has 0 saturated carbocycles. The van der Waals surface area contributed by atoms with Gasteiger partial charge in [-0.1, -0.05) is 12.1 Å². The molecule has 21 heavy (non-hydrogen) atoms. The molecule has 0 aliphatic rings. The second kappa shape index (κ2) is 5.74. The number of H-pyrrole nitrogens is 1. The van der Waals surface area contributed by atoms with E-state index in [2.05, 4.69) is 15.5 Å². The van der Waals surface area contributed by atoms with Gasteiger partial charge < -0.3 is 5.32 Å². The molecule has 1 atom stereocenters. The van der Waals surface area contributed by atoms with Crippen LogP contribution < -0.4 is 5.32 Å². The number of nitro groups is 1. The number of non-ortho nitro benzene ring substituents is 1. The van der Waals surface area contributed by atoms with Crippen molar-refractivity contribution < 1.29 is 9.72 Å². The van der Waals surface area contributed by atoms with Crippen molar-refractivity contribution >= 4 is 17.3 Å². The van der Waals surface area contributed by atoms with Gasteiger partial charge in [-0.3, -0.25) is 20.0 Å². The van der Waals surface area contributed by atoms with Gasteiger partial charge in [0, 0.05) is 12.1 Å². The lowest BCUT2D eigenvalue weighted by atomic mass is 9.99.